The fourth-order valence-electron chi connectivity index (χ4n) is 2.29. The standard InChI is InChI=1S/C14H16F3N3O3/c1-2-23-13-10(4-3-5-18-13)19-12(22)9-6-11(21)20(7-9)8-14(15,16)17/h3-5,9H,2,6-8H2,1H3,(H,19,22)/t9-/m1/s1. The second-order valence-electron chi connectivity index (χ2n) is 5.07. The van der Waals surface area contributed by atoms with Crippen molar-refractivity contribution in [2.24, 2.45) is 5.92 Å². The summed E-state index contributed by atoms with van der Waals surface area (Å²) in [6.07, 6.45) is -3.23. The van der Waals surface area contributed by atoms with Crippen LogP contribution in [0.5, 0.6) is 5.88 Å². The van der Waals surface area contributed by atoms with E-state index in [1.165, 1.54) is 6.20 Å². The van der Waals surface area contributed by atoms with E-state index in [0.717, 1.165) is 0 Å². The smallest absolute Gasteiger partial charge is 0.406 e. The molecule has 1 atom stereocenters. The van der Waals surface area contributed by atoms with Crippen LogP contribution in [0.4, 0.5) is 18.9 Å². The number of halogens is 3. The molecule has 2 rings (SSSR count). The van der Waals surface area contributed by atoms with E-state index in [4.69, 9.17) is 4.74 Å². The number of pyridine rings is 1. The maximum atomic E-state index is 12.4. The lowest BCUT2D eigenvalue weighted by atomic mass is 10.1. The third-order valence-electron chi connectivity index (χ3n) is 3.27. The summed E-state index contributed by atoms with van der Waals surface area (Å²) in [6, 6.07) is 3.16. The van der Waals surface area contributed by atoms with Crippen LogP contribution < -0.4 is 10.1 Å². The van der Waals surface area contributed by atoms with Crippen LogP contribution >= 0.6 is 0 Å². The van der Waals surface area contributed by atoms with Gasteiger partial charge < -0.3 is 15.0 Å². The van der Waals surface area contributed by atoms with Crippen LogP contribution in [0.25, 0.3) is 0 Å². The molecular formula is C14H16F3N3O3. The molecule has 0 aliphatic carbocycles. The molecule has 1 aliphatic rings. The molecule has 0 saturated carbocycles. The van der Waals surface area contributed by atoms with Gasteiger partial charge >= 0.3 is 6.18 Å². The van der Waals surface area contributed by atoms with Crippen molar-refractivity contribution >= 4 is 17.5 Å². The average molecular weight is 331 g/mol. The minimum absolute atomic E-state index is 0.222. The van der Waals surface area contributed by atoms with Crippen molar-refractivity contribution in [3.05, 3.63) is 18.3 Å². The molecule has 1 aliphatic heterocycles. The maximum Gasteiger partial charge on any atom is 0.406 e. The molecule has 1 fully saturated rings. The normalized spacial score (nSPS) is 18.2. The average Bonchev–Trinajstić information content (AvgIpc) is 2.81. The third-order valence-corrected chi connectivity index (χ3v) is 3.27. The molecule has 6 nitrogen and oxygen atoms in total. The highest BCUT2D eigenvalue weighted by atomic mass is 19.4. The van der Waals surface area contributed by atoms with Crippen molar-refractivity contribution in [1.29, 1.82) is 0 Å². The van der Waals surface area contributed by atoms with Crippen LogP contribution in [0.3, 0.4) is 0 Å². The Balaban J connectivity index is 2.01. The Bertz CT molecular complexity index is 592. The number of carbonyl (C=O) groups is 2. The Morgan fingerprint density at radius 3 is 2.91 bits per heavy atom. The number of amides is 2. The highest BCUT2D eigenvalue weighted by Crippen LogP contribution is 2.26. The van der Waals surface area contributed by atoms with E-state index in [9.17, 15) is 22.8 Å². The molecule has 1 aromatic heterocycles. The fraction of sp³-hybridized carbons (Fsp3) is 0.500. The van der Waals surface area contributed by atoms with Crippen LogP contribution in [0.15, 0.2) is 18.3 Å². The first kappa shape index (κ1) is 17.0. The van der Waals surface area contributed by atoms with Gasteiger partial charge in [0.2, 0.25) is 17.7 Å². The van der Waals surface area contributed by atoms with Crippen molar-refractivity contribution in [3.63, 3.8) is 0 Å². The second kappa shape index (κ2) is 6.84. The zero-order valence-electron chi connectivity index (χ0n) is 12.4. The molecule has 23 heavy (non-hydrogen) atoms. The topological polar surface area (TPSA) is 71.5 Å². The van der Waals surface area contributed by atoms with Crippen LogP contribution in [0.2, 0.25) is 0 Å². The number of rotatable bonds is 5. The zero-order chi connectivity index (χ0) is 17.0. The molecule has 1 saturated heterocycles. The lowest BCUT2D eigenvalue weighted by molar-refractivity contribution is -0.157. The Labute approximate surface area is 130 Å². The second-order valence-corrected chi connectivity index (χ2v) is 5.07. The highest BCUT2D eigenvalue weighted by Gasteiger charge is 2.40. The Morgan fingerprint density at radius 1 is 1.52 bits per heavy atom. The van der Waals surface area contributed by atoms with Crippen molar-refractivity contribution in [2.75, 3.05) is 25.0 Å². The predicted molar refractivity (Wildman–Crippen MR) is 74.8 cm³/mol. The van der Waals surface area contributed by atoms with Gasteiger partial charge in [-0.2, -0.15) is 13.2 Å². The van der Waals surface area contributed by atoms with Gasteiger partial charge in [-0.05, 0) is 19.1 Å². The van der Waals surface area contributed by atoms with E-state index in [2.05, 4.69) is 10.3 Å². The van der Waals surface area contributed by atoms with Crippen molar-refractivity contribution in [1.82, 2.24) is 9.88 Å². The van der Waals surface area contributed by atoms with E-state index in [-0.39, 0.29) is 18.8 Å². The molecule has 0 bridgehead atoms. The number of ether oxygens (including phenoxy) is 1. The van der Waals surface area contributed by atoms with Crippen LogP contribution in [0, 0.1) is 5.92 Å². The third kappa shape index (κ3) is 4.57. The van der Waals surface area contributed by atoms with Crippen LogP contribution in [0.1, 0.15) is 13.3 Å². The SMILES string of the molecule is CCOc1ncccc1NC(=O)[C@@H]1CC(=O)N(CC(F)(F)F)C1. The molecule has 1 N–H and O–H groups in total. The van der Waals surface area contributed by atoms with Gasteiger partial charge in [-0.3, -0.25) is 9.59 Å². The van der Waals surface area contributed by atoms with Gasteiger partial charge in [-0.1, -0.05) is 0 Å². The van der Waals surface area contributed by atoms with Crippen molar-refractivity contribution < 1.29 is 27.5 Å². The molecule has 0 radical (unpaired) electrons. The molecule has 2 amide bonds. The molecule has 1 aromatic rings. The predicted octanol–water partition coefficient (Wildman–Crippen LogP) is 1.83. The molecular weight excluding hydrogens is 315 g/mol. The molecule has 126 valence electrons. The molecule has 0 spiro atoms. The summed E-state index contributed by atoms with van der Waals surface area (Å²) >= 11 is 0. The summed E-state index contributed by atoms with van der Waals surface area (Å²) in [5.74, 6) is -1.82. The minimum atomic E-state index is -4.48. The number of hydrogen-bond donors (Lipinski definition) is 1. The summed E-state index contributed by atoms with van der Waals surface area (Å²) in [4.78, 5) is 28.4. The number of likely N-dealkylation sites (tertiary alicyclic amines) is 1. The molecule has 2 heterocycles. The molecule has 0 unspecified atom stereocenters. The number of carbonyl (C=O) groups excluding carboxylic acids is 2. The van der Waals surface area contributed by atoms with E-state index >= 15 is 0 Å². The molecule has 0 aromatic carbocycles. The van der Waals surface area contributed by atoms with E-state index in [1.54, 1.807) is 19.1 Å². The van der Waals surface area contributed by atoms with Gasteiger partial charge in [0.1, 0.15) is 12.2 Å². The number of aromatic nitrogens is 1. The first-order valence-corrected chi connectivity index (χ1v) is 7.03. The number of nitrogens with zero attached hydrogens (tertiary/aromatic N) is 2. The Morgan fingerprint density at radius 2 is 2.26 bits per heavy atom. The lowest BCUT2D eigenvalue weighted by Crippen LogP contribution is -2.36. The summed E-state index contributed by atoms with van der Waals surface area (Å²) in [5.41, 5.74) is 0.320. The van der Waals surface area contributed by atoms with E-state index < -0.39 is 30.5 Å². The van der Waals surface area contributed by atoms with Gasteiger partial charge in [0.15, 0.2) is 0 Å². The number of nitrogens with one attached hydrogen (secondary N) is 1. The summed E-state index contributed by atoms with van der Waals surface area (Å²) in [6.45, 7) is 0.507. The quantitative estimate of drug-likeness (QED) is 0.893. The summed E-state index contributed by atoms with van der Waals surface area (Å²) in [7, 11) is 0. The fourth-order valence-corrected chi connectivity index (χ4v) is 2.29. The van der Waals surface area contributed by atoms with Gasteiger partial charge in [0.05, 0.1) is 12.5 Å². The Hall–Kier alpha value is -2.32. The van der Waals surface area contributed by atoms with E-state index in [1.807, 2.05) is 0 Å². The lowest BCUT2D eigenvalue weighted by Gasteiger charge is -2.18. The van der Waals surface area contributed by atoms with Gasteiger partial charge in [-0.25, -0.2) is 4.98 Å². The van der Waals surface area contributed by atoms with Crippen LogP contribution in [-0.2, 0) is 9.59 Å². The first-order chi connectivity index (χ1) is 10.8. The van der Waals surface area contributed by atoms with Crippen molar-refractivity contribution in [2.45, 2.75) is 19.5 Å². The van der Waals surface area contributed by atoms with Gasteiger partial charge in [0.25, 0.3) is 0 Å². The first-order valence-electron chi connectivity index (χ1n) is 7.03. The Kier molecular flexibility index (Phi) is 5.07. The molecule has 9 heteroatoms. The monoisotopic (exact) mass is 331 g/mol. The zero-order valence-corrected chi connectivity index (χ0v) is 12.4. The summed E-state index contributed by atoms with van der Waals surface area (Å²) in [5, 5.41) is 2.55. The number of alkyl halides is 3. The minimum Gasteiger partial charge on any atom is -0.476 e. The van der Waals surface area contributed by atoms with Gasteiger partial charge in [0, 0.05) is 19.2 Å². The maximum absolute atomic E-state index is 12.4. The van der Waals surface area contributed by atoms with Crippen molar-refractivity contribution in [3.8, 4) is 5.88 Å². The highest BCUT2D eigenvalue weighted by molar-refractivity contribution is 5.97. The van der Waals surface area contributed by atoms with Gasteiger partial charge in [-0.15, -0.1) is 0 Å². The summed E-state index contributed by atoms with van der Waals surface area (Å²) < 4.78 is 42.4. The van der Waals surface area contributed by atoms with E-state index in [0.29, 0.717) is 17.2 Å². The largest absolute Gasteiger partial charge is 0.476 e. The number of anilines is 1. The number of hydrogen-bond acceptors (Lipinski definition) is 4. The van der Waals surface area contributed by atoms with Crippen LogP contribution in [-0.4, -0.2) is 47.6 Å².